The molecule has 0 saturated carbocycles. The van der Waals surface area contributed by atoms with Crippen LogP contribution in [0.2, 0.25) is 0 Å². The molecule has 3 aliphatic rings. The lowest BCUT2D eigenvalue weighted by molar-refractivity contribution is 0.137. The zero-order valence-corrected chi connectivity index (χ0v) is 18.8. The maximum Gasteiger partial charge on any atom is 0.225 e. The minimum absolute atomic E-state index is 0.0777. The molecule has 0 unspecified atom stereocenters. The maximum atomic E-state index is 9.49. The number of anilines is 1. The summed E-state index contributed by atoms with van der Waals surface area (Å²) in [5.74, 6) is 1.17. The molecule has 5 heterocycles. The molecule has 2 fully saturated rings. The van der Waals surface area contributed by atoms with Crippen molar-refractivity contribution in [2.75, 3.05) is 57.4 Å². The van der Waals surface area contributed by atoms with E-state index < -0.39 is 0 Å². The van der Waals surface area contributed by atoms with E-state index in [1.165, 1.54) is 18.4 Å². The Hall–Kier alpha value is -2.29. The number of rotatable bonds is 7. The van der Waals surface area contributed by atoms with E-state index in [0.29, 0.717) is 12.5 Å². The molecule has 0 aliphatic carbocycles. The third-order valence-corrected chi connectivity index (χ3v) is 6.73. The third-order valence-electron chi connectivity index (χ3n) is 6.73. The summed E-state index contributed by atoms with van der Waals surface area (Å²) in [6.45, 7) is 7.32. The number of aliphatic hydroxyl groups excluding tert-OH is 1. The second kappa shape index (κ2) is 10.1. The van der Waals surface area contributed by atoms with Crippen LogP contribution in [0.15, 0.2) is 30.1 Å². The van der Waals surface area contributed by atoms with E-state index in [2.05, 4.69) is 27.1 Å². The molecule has 8 heteroatoms. The van der Waals surface area contributed by atoms with E-state index in [-0.39, 0.29) is 6.61 Å². The average Bonchev–Trinajstić information content (AvgIpc) is 3.51. The van der Waals surface area contributed by atoms with E-state index in [4.69, 9.17) is 14.8 Å². The molecule has 2 aromatic heterocycles. The largest absolute Gasteiger partial charge is 0.394 e. The molecule has 5 rings (SSSR count). The van der Waals surface area contributed by atoms with Gasteiger partial charge in [-0.2, -0.15) is 5.10 Å². The number of aromatic nitrogens is 4. The summed E-state index contributed by atoms with van der Waals surface area (Å²) >= 11 is 0. The van der Waals surface area contributed by atoms with Gasteiger partial charge in [-0.15, -0.1) is 0 Å². The smallest absolute Gasteiger partial charge is 0.225 e. The predicted molar refractivity (Wildman–Crippen MR) is 124 cm³/mol. The van der Waals surface area contributed by atoms with Gasteiger partial charge in [-0.3, -0.25) is 9.58 Å². The number of likely N-dealkylation sites (tertiary alicyclic amines) is 1. The van der Waals surface area contributed by atoms with Crippen molar-refractivity contribution in [1.82, 2.24) is 24.6 Å². The number of nitrogens with zero attached hydrogens (tertiary/aromatic N) is 6. The minimum atomic E-state index is 0.0777. The summed E-state index contributed by atoms with van der Waals surface area (Å²) in [4.78, 5) is 14.3. The number of hydrogen-bond donors (Lipinski definition) is 1. The summed E-state index contributed by atoms with van der Waals surface area (Å²) < 4.78 is 7.52. The fraction of sp³-hybridized carbons (Fsp3) is 0.625. The van der Waals surface area contributed by atoms with Gasteiger partial charge in [0.2, 0.25) is 5.95 Å². The van der Waals surface area contributed by atoms with E-state index in [1.54, 1.807) is 0 Å². The van der Waals surface area contributed by atoms with Crippen LogP contribution in [0.3, 0.4) is 0 Å². The van der Waals surface area contributed by atoms with Crippen molar-refractivity contribution < 1.29 is 9.84 Å². The molecular formula is C24H34N6O2. The molecule has 0 aromatic carbocycles. The van der Waals surface area contributed by atoms with Gasteiger partial charge >= 0.3 is 0 Å². The van der Waals surface area contributed by atoms with Gasteiger partial charge in [0.25, 0.3) is 0 Å². The molecule has 2 aromatic rings. The Morgan fingerprint density at radius 3 is 2.88 bits per heavy atom. The molecular weight excluding hydrogens is 404 g/mol. The Balaban J connectivity index is 1.40. The molecule has 0 radical (unpaired) electrons. The summed E-state index contributed by atoms with van der Waals surface area (Å²) in [6, 6.07) is 1.99. The highest BCUT2D eigenvalue weighted by Gasteiger charge is 2.28. The Bertz CT molecular complexity index is 936. The first-order valence-electron chi connectivity index (χ1n) is 12.0. The van der Waals surface area contributed by atoms with Gasteiger partial charge in [0.05, 0.1) is 37.8 Å². The van der Waals surface area contributed by atoms with Crippen molar-refractivity contribution in [3.63, 3.8) is 0 Å². The van der Waals surface area contributed by atoms with E-state index in [1.807, 2.05) is 16.9 Å². The van der Waals surface area contributed by atoms with Crippen LogP contribution >= 0.6 is 0 Å². The van der Waals surface area contributed by atoms with Gasteiger partial charge in [-0.05, 0) is 50.3 Å². The van der Waals surface area contributed by atoms with Gasteiger partial charge in [-0.1, -0.05) is 6.08 Å². The fourth-order valence-corrected chi connectivity index (χ4v) is 5.15. The second-order valence-corrected chi connectivity index (χ2v) is 9.13. The van der Waals surface area contributed by atoms with Crippen molar-refractivity contribution in [3.8, 4) is 11.3 Å². The van der Waals surface area contributed by atoms with Crippen molar-refractivity contribution in [2.24, 2.45) is 0 Å². The Morgan fingerprint density at radius 1 is 1.16 bits per heavy atom. The van der Waals surface area contributed by atoms with Crippen LogP contribution in [0.1, 0.15) is 43.7 Å². The predicted octanol–water partition coefficient (Wildman–Crippen LogP) is 2.46. The molecule has 0 amide bonds. The molecule has 2 saturated heterocycles. The zero-order valence-electron chi connectivity index (χ0n) is 18.8. The maximum absolute atomic E-state index is 9.49. The third kappa shape index (κ3) is 4.87. The van der Waals surface area contributed by atoms with Crippen molar-refractivity contribution in [1.29, 1.82) is 0 Å². The normalized spacial score (nSPS) is 22.3. The van der Waals surface area contributed by atoms with Crippen molar-refractivity contribution in [2.45, 2.75) is 44.6 Å². The zero-order chi connectivity index (χ0) is 21.8. The van der Waals surface area contributed by atoms with Gasteiger partial charge < -0.3 is 14.7 Å². The van der Waals surface area contributed by atoms with Crippen LogP contribution < -0.4 is 4.90 Å². The number of hydrogen-bond acceptors (Lipinski definition) is 7. The van der Waals surface area contributed by atoms with Gasteiger partial charge in [-0.25, -0.2) is 9.97 Å². The van der Waals surface area contributed by atoms with Crippen molar-refractivity contribution in [3.05, 3.63) is 35.8 Å². The first kappa shape index (κ1) is 21.6. The molecule has 32 heavy (non-hydrogen) atoms. The molecule has 8 nitrogen and oxygen atoms in total. The molecule has 3 aliphatic heterocycles. The monoisotopic (exact) mass is 438 g/mol. The van der Waals surface area contributed by atoms with Crippen LogP contribution in [0.25, 0.3) is 11.3 Å². The Kier molecular flexibility index (Phi) is 6.80. The topological polar surface area (TPSA) is 79.5 Å². The minimum Gasteiger partial charge on any atom is -0.394 e. The van der Waals surface area contributed by atoms with Crippen LogP contribution in [-0.2, 0) is 11.3 Å². The fourth-order valence-electron chi connectivity index (χ4n) is 5.15. The van der Waals surface area contributed by atoms with Gasteiger partial charge in [0.1, 0.15) is 0 Å². The molecule has 0 spiro atoms. The summed E-state index contributed by atoms with van der Waals surface area (Å²) in [6.07, 6.45) is 12.0. The van der Waals surface area contributed by atoms with E-state index in [9.17, 15) is 5.11 Å². The van der Waals surface area contributed by atoms with Crippen LogP contribution in [-0.4, -0.2) is 82.3 Å². The quantitative estimate of drug-likeness (QED) is 0.665. The second-order valence-electron chi connectivity index (χ2n) is 9.13. The van der Waals surface area contributed by atoms with Crippen molar-refractivity contribution >= 4 is 5.95 Å². The lowest BCUT2D eigenvalue weighted by atomic mass is 9.91. The molecule has 1 atom stereocenters. The van der Waals surface area contributed by atoms with Crippen LogP contribution in [0.4, 0.5) is 5.95 Å². The highest BCUT2D eigenvalue weighted by atomic mass is 16.5. The van der Waals surface area contributed by atoms with Crippen LogP contribution in [0.5, 0.6) is 0 Å². The number of piperidine rings is 1. The summed E-state index contributed by atoms with van der Waals surface area (Å²) in [7, 11) is 0. The number of aliphatic hydroxyl groups is 1. The SMILES string of the molecule is OCCn1cc(-c2ccnc(N3CCCC3)n2)c([C@H]2CCCN(CC3=CCCOC3)C2)n1. The highest BCUT2D eigenvalue weighted by molar-refractivity contribution is 5.63. The molecule has 172 valence electrons. The standard InChI is InChI=1S/C24H34N6O2/c31-13-12-30-17-21(22-7-8-25-24(26-22)29-10-1-2-11-29)23(27-30)20-6-3-9-28(16-20)15-19-5-4-14-32-18-19/h5,7-8,17,20,31H,1-4,6,9-16,18H2/t20-/m0/s1. The number of ether oxygens (including phenoxy) is 1. The van der Waals surface area contributed by atoms with Gasteiger partial charge in [0.15, 0.2) is 0 Å². The summed E-state index contributed by atoms with van der Waals surface area (Å²) in [5.41, 5.74) is 4.51. The lowest BCUT2D eigenvalue weighted by Gasteiger charge is -2.33. The van der Waals surface area contributed by atoms with Crippen LogP contribution in [0, 0.1) is 0 Å². The molecule has 0 bridgehead atoms. The first-order valence-corrected chi connectivity index (χ1v) is 12.0. The first-order chi connectivity index (χ1) is 15.8. The average molecular weight is 439 g/mol. The lowest BCUT2D eigenvalue weighted by Crippen LogP contribution is -2.37. The molecule has 1 N–H and O–H groups in total. The van der Waals surface area contributed by atoms with E-state index >= 15 is 0 Å². The Labute approximate surface area is 189 Å². The van der Waals surface area contributed by atoms with Gasteiger partial charge in [0, 0.05) is 50.1 Å². The summed E-state index contributed by atoms with van der Waals surface area (Å²) in [5, 5.41) is 14.4. The van der Waals surface area contributed by atoms with E-state index in [0.717, 1.165) is 88.1 Å². The Morgan fingerprint density at radius 2 is 2.06 bits per heavy atom. The highest BCUT2D eigenvalue weighted by Crippen LogP contribution is 2.34.